The minimum atomic E-state index is 0.754. The summed E-state index contributed by atoms with van der Waals surface area (Å²) >= 11 is 0. The average Bonchev–Trinajstić information content (AvgIpc) is 2.84. The third kappa shape index (κ3) is 1.95. The van der Waals surface area contributed by atoms with Crippen LogP contribution in [0.1, 0.15) is 11.3 Å². The van der Waals surface area contributed by atoms with Gasteiger partial charge in [0.05, 0.1) is 18.1 Å². The van der Waals surface area contributed by atoms with Crippen molar-refractivity contribution in [3.05, 3.63) is 47.9 Å². The van der Waals surface area contributed by atoms with Crippen LogP contribution in [-0.2, 0) is 13.0 Å². The Balaban J connectivity index is 1.88. The van der Waals surface area contributed by atoms with E-state index >= 15 is 0 Å². The number of anilines is 2. The van der Waals surface area contributed by atoms with Crippen LogP contribution in [0.5, 0.6) is 0 Å². The third-order valence-corrected chi connectivity index (χ3v) is 3.21. The molecule has 0 saturated heterocycles. The van der Waals surface area contributed by atoms with Gasteiger partial charge in [0, 0.05) is 18.8 Å². The van der Waals surface area contributed by atoms with Crippen LogP contribution in [0.25, 0.3) is 0 Å². The van der Waals surface area contributed by atoms with E-state index in [4.69, 9.17) is 0 Å². The fourth-order valence-electron chi connectivity index (χ4n) is 2.34. The number of fused-ring (bicyclic) bond motifs is 1. The molecule has 2 aromatic rings. The molecule has 92 valence electrons. The van der Waals surface area contributed by atoms with Gasteiger partial charge in [-0.3, -0.25) is 4.98 Å². The van der Waals surface area contributed by atoms with Crippen molar-refractivity contribution in [2.24, 2.45) is 0 Å². The molecule has 0 unspecified atom stereocenters. The standard InChI is InChI=1S/C14H16N4/c1-15-8-12-9-17-14(10-16-12)18-7-6-11-4-2-3-5-13(11)18/h2-5,9-10,15H,6-8H2,1H3. The molecule has 4 nitrogen and oxygen atoms in total. The van der Waals surface area contributed by atoms with Crippen LogP contribution in [0.4, 0.5) is 11.5 Å². The predicted molar refractivity (Wildman–Crippen MR) is 71.9 cm³/mol. The van der Waals surface area contributed by atoms with Gasteiger partial charge in [0.25, 0.3) is 0 Å². The van der Waals surface area contributed by atoms with Gasteiger partial charge in [0.2, 0.25) is 0 Å². The second-order valence-electron chi connectivity index (χ2n) is 4.43. The number of nitrogens with zero attached hydrogens (tertiary/aromatic N) is 3. The maximum absolute atomic E-state index is 4.50. The number of rotatable bonds is 3. The summed E-state index contributed by atoms with van der Waals surface area (Å²) < 4.78 is 0. The first-order valence-corrected chi connectivity index (χ1v) is 6.19. The molecule has 0 aliphatic carbocycles. The smallest absolute Gasteiger partial charge is 0.151 e. The van der Waals surface area contributed by atoms with Gasteiger partial charge in [-0.1, -0.05) is 18.2 Å². The summed E-state index contributed by atoms with van der Waals surface area (Å²) in [6.45, 7) is 1.74. The molecule has 1 aromatic carbocycles. The first-order chi connectivity index (χ1) is 8.88. The van der Waals surface area contributed by atoms with E-state index in [9.17, 15) is 0 Å². The van der Waals surface area contributed by atoms with Gasteiger partial charge >= 0.3 is 0 Å². The van der Waals surface area contributed by atoms with E-state index in [0.717, 1.165) is 31.0 Å². The molecule has 0 fully saturated rings. The number of aromatic nitrogens is 2. The predicted octanol–water partition coefficient (Wildman–Crippen LogP) is 1.89. The highest BCUT2D eigenvalue weighted by molar-refractivity contribution is 5.66. The number of benzene rings is 1. The first kappa shape index (κ1) is 11.2. The van der Waals surface area contributed by atoms with E-state index in [1.807, 2.05) is 19.4 Å². The fraction of sp³-hybridized carbons (Fsp3) is 0.286. The van der Waals surface area contributed by atoms with Crippen molar-refractivity contribution in [2.75, 3.05) is 18.5 Å². The fourth-order valence-corrected chi connectivity index (χ4v) is 2.34. The van der Waals surface area contributed by atoms with Crippen molar-refractivity contribution in [3.63, 3.8) is 0 Å². The van der Waals surface area contributed by atoms with Crippen LogP contribution >= 0.6 is 0 Å². The van der Waals surface area contributed by atoms with E-state index in [-0.39, 0.29) is 0 Å². The summed E-state index contributed by atoms with van der Waals surface area (Å²) in [6.07, 6.45) is 4.78. The van der Waals surface area contributed by atoms with Crippen LogP contribution < -0.4 is 10.2 Å². The molecule has 0 spiro atoms. The van der Waals surface area contributed by atoms with Crippen molar-refractivity contribution in [1.82, 2.24) is 15.3 Å². The molecule has 18 heavy (non-hydrogen) atoms. The summed E-state index contributed by atoms with van der Waals surface area (Å²) in [7, 11) is 1.91. The molecule has 0 atom stereocenters. The minimum absolute atomic E-state index is 0.754. The van der Waals surface area contributed by atoms with Crippen LogP contribution in [-0.4, -0.2) is 23.6 Å². The highest BCUT2D eigenvalue weighted by Crippen LogP contribution is 2.32. The molecule has 1 aromatic heterocycles. The summed E-state index contributed by atoms with van der Waals surface area (Å²) in [5.74, 6) is 0.930. The lowest BCUT2D eigenvalue weighted by atomic mass is 10.2. The molecular formula is C14H16N4. The largest absolute Gasteiger partial charge is 0.325 e. The van der Waals surface area contributed by atoms with Gasteiger partial charge in [0.15, 0.2) is 5.82 Å². The lowest BCUT2D eigenvalue weighted by molar-refractivity contribution is 0.782. The quantitative estimate of drug-likeness (QED) is 0.889. The maximum Gasteiger partial charge on any atom is 0.151 e. The van der Waals surface area contributed by atoms with Gasteiger partial charge < -0.3 is 10.2 Å². The Hall–Kier alpha value is -1.94. The molecular weight excluding hydrogens is 224 g/mol. The van der Waals surface area contributed by atoms with E-state index in [1.165, 1.54) is 11.3 Å². The van der Waals surface area contributed by atoms with Crippen molar-refractivity contribution in [2.45, 2.75) is 13.0 Å². The topological polar surface area (TPSA) is 41.1 Å². The zero-order chi connectivity index (χ0) is 12.4. The molecule has 4 heteroatoms. The maximum atomic E-state index is 4.50. The van der Waals surface area contributed by atoms with Crippen LogP contribution in [0, 0.1) is 0 Å². The zero-order valence-electron chi connectivity index (χ0n) is 10.4. The zero-order valence-corrected chi connectivity index (χ0v) is 10.4. The monoisotopic (exact) mass is 240 g/mol. The molecule has 0 saturated carbocycles. The second-order valence-corrected chi connectivity index (χ2v) is 4.43. The SMILES string of the molecule is CNCc1cnc(N2CCc3ccccc32)cn1. The van der Waals surface area contributed by atoms with Crippen LogP contribution in [0.3, 0.4) is 0 Å². The van der Waals surface area contributed by atoms with Crippen LogP contribution in [0.2, 0.25) is 0 Å². The lowest BCUT2D eigenvalue weighted by Crippen LogP contribution is -2.16. The summed E-state index contributed by atoms with van der Waals surface area (Å²) in [5.41, 5.74) is 3.61. The second kappa shape index (κ2) is 4.74. The molecule has 1 N–H and O–H groups in total. The third-order valence-electron chi connectivity index (χ3n) is 3.21. The Labute approximate surface area is 107 Å². The molecule has 0 bridgehead atoms. The molecule has 3 rings (SSSR count). The minimum Gasteiger partial charge on any atom is -0.325 e. The Morgan fingerprint density at radius 1 is 1.22 bits per heavy atom. The van der Waals surface area contributed by atoms with Gasteiger partial charge in [-0.2, -0.15) is 0 Å². The van der Waals surface area contributed by atoms with Crippen molar-refractivity contribution >= 4 is 11.5 Å². The van der Waals surface area contributed by atoms with E-state index in [1.54, 1.807) is 0 Å². The van der Waals surface area contributed by atoms with E-state index in [0.29, 0.717) is 0 Å². The Kier molecular flexibility index (Phi) is 2.94. The van der Waals surface area contributed by atoms with Crippen molar-refractivity contribution in [1.29, 1.82) is 0 Å². The highest BCUT2D eigenvalue weighted by Gasteiger charge is 2.20. The van der Waals surface area contributed by atoms with Gasteiger partial charge in [-0.15, -0.1) is 0 Å². The number of hydrogen-bond acceptors (Lipinski definition) is 4. The number of para-hydroxylation sites is 1. The number of hydrogen-bond donors (Lipinski definition) is 1. The molecule has 2 heterocycles. The average molecular weight is 240 g/mol. The first-order valence-electron chi connectivity index (χ1n) is 6.19. The summed E-state index contributed by atoms with van der Waals surface area (Å²) in [4.78, 5) is 11.1. The van der Waals surface area contributed by atoms with E-state index < -0.39 is 0 Å². The Bertz CT molecular complexity index is 536. The molecule has 0 amide bonds. The Morgan fingerprint density at radius 3 is 2.89 bits per heavy atom. The highest BCUT2D eigenvalue weighted by atomic mass is 15.2. The number of nitrogens with one attached hydrogen (secondary N) is 1. The normalized spacial score (nSPS) is 13.7. The summed E-state index contributed by atoms with van der Waals surface area (Å²) in [5, 5.41) is 3.07. The van der Waals surface area contributed by atoms with Crippen molar-refractivity contribution in [3.8, 4) is 0 Å². The van der Waals surface area contributed by atoms with Crippen LogP contribution in [0.15, 0.2) is 36.7 Å². The van der Waals surface area contributed by atoms with Gasteiger partial charge in [-0.05, 0) is 25.1 Å². The van der Waals surface area contributed by atoms with E-state index in [2.05, 4.69) is 44.5 Å². The molecule has 1 aliphatic rings. The van der Waals surface area contributed by atoms with Crippen molar-refractivity contribution < 1.29 is 0 Å². The van der Waals surface area contributed by atoms with Gasteiger partial charge in [0.1, 0.15) is 0 Å². The molecule has 0 radical (unpaired) electrons. The summed E-state index contributed by atoms with van der Waals surface area (Å²) in [6, 6.07) is 8.48. The lowest BCUT2D eigenvalue weighted by Gasteiger charge is -2.17. The molecule has 1 aliphatic heterocycles. The Morgan fingerprint density at radius 2 is 2.11 bits per heavy atom. The van der Waals surface area contributed by atoms with Gasteiger partial charge in [-0.25, -0.2) is 4.98 Å².